The Balaban J connectivity index is 1.93. The quantitative estimate of drug-likeness (QED) is 0.892. The summed E-state index contributed by atoms with van der Waals surface area (Å²) in [5, 5.41) is 4.97. The summed E-state index contributed by atoms with van der Waals surface area (Å²) in [5.41, 5.74) is 3.89. The third-order valence-electron chi connectivity index (χ3n) is 3.88. The van der Waals surface area contributed by atoms with Gasteiger partial charge in [0.25, 0.3) is 0 Å². The van der Waals surface area contributed by atoms with Crippen molar-refractivity contribution in [3.05, 3.63) is 51.0 Å². The van der Waals surface area contributed by atoms with Crippen LogP contribution in [0.5, 0.6) is 0 Å². The van der Waals surface area contributed by atoms with Gasteiger partial charge < -0.3 is 5.32 Å². The van der Waals surface area contributed by atoms with Gasteiger partial charge in [-0.3, -0.25) is 0 Å². The van der Waals surface area contributed by atoms with Gasteiger partial charge in [0.2, 0.25) is 0 Å². The smallest absolute Gasteiger partial charge is 0.115 e. The Morgan fingerprint density at radius 3 is 2.50 bits per heavy atom. The van der Waals surface area contributed by atoms with Gasteiger partial charge >= 0.3 is 0 Å². The molecular weight excluding hydrogens is 264 g/mol. The van der Waals surface area contributed by atoms with Crippen molar-refractivity contribution in [3.63, 3.8) is 0 Å². The SMILES string of the molecule is CCc1nc(C(NC2CC2)c2ccc(C)cc2)sc1C. The number of aromatic nitrogens is 1. The van der Waals surface area contributed by atoms with Crippen LogP contribution in [0.1, 0.15) is 52.5 Å². The summed E-state index contributed by atoms with van der Waals surface area (Å²) in [6, 6.07) is 9.79. The van der Waals surface area contributed by atoms with Crippen LogP contribution in [0.2, 0.25) is 0 Å². The minimum Gasteiger partial charge on any atom is -0.301 e. The fourth-order valence-corrected chi connectivity index (χ4v) is 3.56. The van der Waals surface area contributed by atoms with Gasteiger partial charge in [-0.25, -0.2) is 4.98 Å². The van der Waals surface area contributed by atoms with Gasteiger partial charge in [-0.1, -0.05) is 36.8 Å². The summed E-state index contributed by atoms with van der Waals surface area (Å²) < 4.78 is 0. The molecule has 20 heavy (non-hydrogen) atoms. The highest BCUT2D eigenvalue weighted by Gasteiger charge is 2.28. The first-order valence-corrected chi connectivity index (χ1v) is 8.28. The van der Waals surface area contributed by atoms with E-state index in [2.05, 4.69) is 50.4 Å². The summed E-state index contributed by atoms with van der Waals surface area (Å²) in [6.45, 7) is 6.50. The molecule has 0 aliphatic heterocycles. The minimum absolute atomic E-state index is 0.257. The summed E-state index contributed by atoms with van der Waals surface area (Å²) in [4.78, 5) is 6.22. The van der Waals surface area contributed by atoms with Crippen LogP contribution in [0.15, 0.2) is 24.3 Å². The monoisotopic (exact) mass is 286 g/mol. The molecule has 0 amide bonds. The summed E-state index contributed by atoms with van der Waals surface area (Å²) in [7, 11) is 0. The zero-order valence-electron chi connectivity index (χ0n) is 12.4. The fraction of sp³-hybridized carbons (Fsp3) is 0.471. The van der Waals surface area contributed by atoms with E-state index in [-0.39, 0.29) is 6.04 Å². The van der Waals surface area contributed by atoms with E-state index in [1.54, 1.807) is 0 Å². The van der Waals surface area contributed by atoms with Crippen molar-refractivity contribution in [1.82, 2.24) is 10.3 Å². The van der Waals surface area contributed by atoms with Gasteiger partial charge in [0, 0.05) is 10.9 Å². The number of benzene rings is 1. The van der Waals surface area contributed by atoms with E-state index in [4.69, 9.17) is 4.98 Å². The van der Waals surface area contributed by atoms with E-state index in [0.29, 0.717) is 6.04 Å². The van der Waals surface area contributed by atoms with Crippen molar-refractivity contribution < 1.29 is 0 Å². The number of rotatable bonds is 5. The van der Waals surface area contributed by atoms with Gasteiger partial charge in [-0.15, -0.1) is 11.3 Å². The average Bonchev–Trinajstić information content (AvgIpc) is 3.19. The van der Waals surface area contributed by atoms with E-state index in [1.807, 2.05) is 11.3 Å². The highest BCUT2D eigenvalue weighted by molar-refractivity contribution is 7.11. The first-order chi connectivity index (χ1) is 9.67. The van der Waals surface area contributed by atoms with Gasteiger partial charge in [0.1, 0.15) is 5.01 Å². The molecular formula is C17H22N2S. The minimum atomic E-state index is 0.257. The van der Waals surface area contributed by atoms with Gasteiger partial charge in [0.05, 0.1) is 11.7 Å². The topological polar surface area (TPSA) is 24.9 Å². The number of hydrogen-bond acceptors (Lipinski definition) is 3. The maximum atomic E-state index is 4.86. The molecule has 3 rings (SSSR count). The standard InChI is InChI=1S/C17H22N2S/c1-4-15-12(3)20-17(19-15)16(18-14-9-10-14)13-7-5-11(2)6-8-13/h5-8,14,16,18H,4,9-10H2,1-3H3. The molecule has 1 N–H and O–H groups in total. The van der Waals surface area contributed by atoms with Crippen LogP contribution in [-0.4, -0.2) is 11.0 Å². The van der Waals surface area contributed by atoms with Crippen LogP contribution in [0, 0.1) is 13.8 Å². The first kappa shape index (κ1) is 13.8. The molecule has 2 aromatic rings. The molecule has 1 saturated carbocycles. The maximum Gasteiger partial charge on any atom is 0.115 e. The second-order valence-electron chi connectivity index (χ2n) is 5.69. The second-order valence-corrected chi connectivity index (χ2v) is 6.93. The lowest BCUT2D eigenvalue weighted by molar-refractivity contribution is 0.596. The number of thiazole rings is 1. The Kier molecular flexibility index (Phi) is 3.90. The Labute approximate surface area is 125 Å². The molecule has 0 radical (unpaired) electrons. The first-order valence-electron chi connectivity index (χ1n) is 7.46. The van der Waals surface area contributed by atoms with Crippen LogP contribution in [0.4, 0.5) is 0 Å². The number of nitrogens with zero attached hydrogens (tertiary/aromatic N) is 1. The Morgan fingerprint density at radius 2 is 1.95 bits per heavy atom. The molecule has 1 aliphatic rings. The Morgan fingerprint density at radius 1 is 1.25 bits per heavy atom. The van der Waals surface area contributed by atoms with Gasteiger partial charge in [-0.05, 0) is 38.7 Å². The zero-order chi connectivity index (χ0) is 14.1. The summed E-state index contributed by atoms with van der Waals surface area (Å²) >= 11 is 1.84. The van der Waals surface area contributed by atoms with Crippen molar-refractivity contribution in [1.29, 1.82) is 0 Å². The highest BCUT2D eigenvalue weighted by atomic mass is 32.1. The van der Waals surface area contributed by atoms with E-state index in [1.165, 1.54) is 39.5 Å². The average molecular weight is 286 g/mol. The molecule has 0 saturated heterocycles. The van der Waals surface area contributed by atoms with Crippen LogP contribution in [-0.2, 0) is 6.42 Å². The molecule has 2 nitrogen and oxygen atoms in total. The largest absolute Gasteiger partial charge is 0.301 e. The van der Waals surface area contributed by atoms with Gasteiger partial charge in [-0.2, -0.15) is 0 Å². The fourth-order valence-electron chi connectivity index (χ4n) is 2.46. The predicted octanol–water partition coefficient (Wildman–Crippen LogP) is 4.16. The van der Waals surface area contributed by atoms with Crippen LogP contribution >= 0.6 is 11.3 Å². The van der Waals surface area contributed by atoms with Crippen molar-refractivity contribution in [3.8, 4) is 0 Å². The van der Waals surface area contributed by atoms with Crippen LogP contribution in [0.25, 0.3) is 0 Å². The molecule has 0 spiro atoms. The summed E-state index contributed by atoms with van der Waals surface area (Å²) in [6.07, 6.45) is 3.62. The maximum absolute atomic E-state index is 4.86. The highest BCUT2D eigenvalue weighted by Crippen LogP contribution is 2.32. The number of hydrogen-bond donors (Lipinski definition) is 1. The molecule has 106 valence electrons. The second kappa shape index (κ2) is 5.66. The molecule has 1 aromatic carbocycles. The number of nitrogens with one attached hydrogen (secondary N) is 1. The zero-order valence-corrected chi connectivity index (χ0v) is 13.3. The van der Waals surface area contributed by atoms with Crippen molar-refractivity contribution in [2.75, 3.05) is 0 Å². The molecule has 0 bridgehead atoms. The normalized spacial score (nSPS) is 16.4. The summed E-state index contributed by atoms with van der Waals surface area (Å²) in [5.74, 6) is 0. The van der Waals surface area contributed by atoms with E-state index >= 15 is 0 Å². The molecule has 1 fully saturated rings. The molecule has 1 aliphatic carbocycles. The van der Waals surface area contributed by atoms with E-state index in [9.17, 15) is 0 Å². The Hall–Kier alpha value is -1.19. The van der Waals surface area contributed by atoms with Crippen LogP contribution < -0.4 is 5.32 Å². The lowest BCUT2D eigenvalue weighted by atomic mass is 10.1. The molecule has 1 atom stereocenters. The lowest BCUT2D eigenvalue weighted by Gasteiger charge is -2.17. The van der Waals surface area contributed by atoms with Crippen molar-refractivity contribution in [2.45, 2.75) is 52.1 Å². The lowest BCUT2D eigenvalue weighted by Crippen LogP contribution is -2.24. The number of aryl methyl sites for hydroxylation is 3. The van der Waals surface area contributed by atoms with E-state index in [0.717, 1.165) is 6.42 Å². The predicted molar refractivity (Wildman–Crippen MR) is 85.4 cm³/mol. The van der Waals surface area contributed by atoms with E-state index < -0.39 is 0 Å². The Bertz CT molecular complexity index is 582. The van der Waals surface area contributed by atoms with Crippen LogP contribution in [0.3, 0.4) is 0 Å². The third kappa shape index (κ3) is 2.94. The van der Waals surface area contributed by atoms with Crippen molar-refractivity contribution in [2.24, 2.45) is 0 Å². The third-order valence-corrected chi connectivity index (χ3v) is 4.96. The molecule has 1 unspecified atom stereocenters. The molecule has 1 aromatic heterocycles. The molecule has 1 heterocycles. The van der Waals surface area contributed by atoms with Crippen molar-refractivity contribution >= 4 is 11.3 Å². The van der Waals surface area contributed by atoms with Gasteiger partial charge in [0.15, 0.2) is 0 Å². The molecule has 3 heteroatoms.